The topological polar surface area (TPSA) is 74.2 Å². The molecule has 1 unspecified atom stereocenters. The molecule has 2 N–H and O–H groups in total. The average molecular weight is 219 g/mol. The first kappa shape index (κ1) is 10.8. The van der Waals surface area contributed by atoms with Gasteiger partial charge in [-0.1, -0.05) is 35.5 Å². The molecule has 1 aromatic heterocycles. The van der Waals surface area contributed by atoms with E-state index in [0.29, 0.717) is 11.7 Å². The molecular formula is C11H13N3O2. The van der Waals surface area contributed by atoms with Crippen molar-refractivity contribution in [2.24, 2.45) is 5.73 Å². The van der Waals surface area contributed by atoms with Crippen molar-refractivity contribution >= 4 is 0 Å². The number of rotatable bonds is 4. The van der Waals surface area contributed by atoms with Gasteiger partial charge in [0.05, 0.1) is 6.54 Å². The molecule has 84 valence electrons. The molecule has 0 fully saturated rings. The maximum absolute atomic E-state index is 5.42. The molecule has 16 heavy (non-hydrogen) atoms. The predicted octanol–water partition coefficient (Wildman–Crippen LogP) is 1.26. The van der Waals surface area contributed by atoms with Crippen LogP contribution in [0.15, 0.2) is 34.9 Å². The molecule has 2 rings (SSSR count). The number of ether oxygens (including phenoxy) is 1. The van der Waals surface area contributed by atoms with Crippen molar-refractivity contribution < 1.29 is 9.26 Å². The fraction of sp³-hybridized carbons (Fsp3) is 0.273. The van der Waals surface area contributed by atoms with Crippen LogP contribution in [0.25, 0.3) is 0 Å². The molecule has 1 heterocycles. The Hall–Kier alpha value is -1.72. The van der Waals surface area contributed by atoms with Gasteiger partial charge in [-0.15, -0.1) is 0 Å². The molecule has 2 aromatic rings. The van der Waals surface area contributed by atoms with Crippen LogP contribution in [0.1, 0.15) is 23.4 Å². The summed E-state index contributed by atoms with van der Waals surface area (Å²) in [5.41, 5.74) is 6.39. The van der Waals surface area contributed by atoms with Gasteiger partial charge >= 0.3 is 0 Å². The van der Waals surface area contributed by atoms with Gasteiger partial charge in [0.1, 0.15) is 0 Å². The van der Waals surface area contributed by atoms with Crippen LogP contribution in [-0.2, 0) is 11.3 Å². The van der Waals surface area contributed by atoms with Crippen molar-refractivity contribution in [3.05, 3.63) is 47.6 Å². The van der Waals surface area contributed by atoms with Crippen LogP contribution in [0, 0.1) is 0 Å². The van der Waals surface area contributed by atoms with Crippen LogP contribution in [-0.4, -0.2) is 17.3 Å². The van der Waals surface area contributed by atoms with Gasteiger partial charge in [-0.05, 0) is 5.56 Å². The van der Waals surface area contributed by atoms with Crippen LogP contribution in [0.3, 0.4) is 0 Å². The third-order valence-corrected chi connectivity index (χ3v) is 2.23. The Balaban J connectivity index is 2.29. The predicted molar refractivity (Wildman–Crippen MR) is 57.5 cm³/mol. The first-order valence-electron chi connectivity index (χ1n) is 4.95. The van der Waals surface area contributed by atoms with Crippen LogP contribution in [0.5, 0.6) is 0 Å². The summed E-state index contributed by atoms with van der Waals surface area (Å²) in [5, 5.41) is 3.74. The standard InChI is InChI=1S/C11H13N3O2/c1-15-10(8-5-3-2-4-6-8)11-13-9(7-12)14-16-11/h2-6,10H,7,12H2,1H3. The average Bonchev–Trinajstić information content (AvgIpc) is 2.80. The Kier molecular flexibility index (Phi) is 3.28. The summed E-state index contributed by atoms with van der Waals surface area (Å²) < 4.78 is 10.4. The van der Waals surface area contributed by atoms with E-state index in [0.717, 1.165) is 5.56 Å². The molecule has 0 bridgehead atoms. The zero-order valence-corrected chi connectivity index (χ0v) is 8.96. The molecule has 0 aliphatic rings. The highest BCUT2D eigenvalue weighted by Gasteiger charge is 2.19. The van der Waals surface area contributed by atoms with E-state index in [1.807, 2.05) is 30.3 Å². The Bertz CT molecular complexity index is 442. The van der Waals surface area contributed by atoms with E-state index in [1.54, 1.807) is 7.11 Å². The lowest BCUT2D eigenvalue weighted by Gasteiger charge is -2.10. The van der Waals surface area contributed by atoms with E-state index in [2.05, 4.69) is 10.1 Å². The number of benzene rings is 1. The van der Waals surface area contributed by atoms with E-state index in [-0.39, 0.29) is 12.6 Å². The summed E-state index contributed by atoms with van der Waals surface area (Å²) in [6, 6.07) is 9.69. The molecule has 5 nitrogen and oxygen atoms in total. The molecule has 1 atom stereocenters. The van der Waals surface area contributed by atoms with Crippen LogP contribution in [0.2, 0.25) is 0 Å². The first-order chi connectivity index (χ1) is 7.85. The number of hydrogen-bond donors (Lipinski definition) is 1. The Morgan fingerprint density at radius 1 is 1.38 bits per heavy atom. The normalized spacial score (nSPS) is 12.6. The monoisotopic (exact) mass is 219 g/mol. The van der Waals surface area contributed by atoms with Gasteiger partial charge in [-0.3, -0.25) is 0 Å². The van der Waals surface area contributed by atoms with Crippen molar-refractivity contribution in [2.75, 3.05) is 7.11 Å². The molecule has 0 aliphatic heterocycles. The zero-order chi connectivity index (χ0) is 11.4. The highest BCUT2D eigenvalue weighted by molar-refractivity contribution is 5.21. The SMILES string of the molecule is COC(c1ccccc1)c1nc(CN)no1. The van der Waals surface area contributed by atoms with Gasteiger partial charge in [0.15, 0.2) is 11.9 Å². The minimum atomic E-state index is -0.339. The fourth-order valence-electron chi connectivity index (χ4n) is 1.46. The minimum absolute atomic E-state index is 0.259. The molecule has 0 spiro atoms. The van der Waals surface area contributed by atoms with Gasteiger partial charge in [0.25, 0.3) is 5.89 Å². The smallest absolute Gasteiger partial charge is 0.260 e. The maximum atomic E-state index is 5.42. The summed E-state index contributed by atoms with van der Waals surface area (Å²) >= 11 is 0. The molecule has 0 amide bonds. The Labute approximate surface area is 93.2 Å². The zero-order valence-electron chi connectivity index (χ0n) is 8.96. The van der Waals surface area contributed by atoms with E-state index < -0.39 is 0 Å². The van der Waals surface area contributed by atoms with E-state index in [9.17, 15) is 0 Å². The van der Waals surface area contributed by atoms with Crippen molar-refractivity contribution in [3.8, 4) is 0 Å². The third-order valence-electron chi connectivity index (χ3n) is 2.23. The molecule has 1 aromatic carbocycles. The molecular weight excluding hydrogens is 206 g/mol. The van der Waals surface area contributed by atoms with Crippen LogP contribution in [0.4, 0.5) is 0 Å². The first-order valence-corrected chi connectivity index (χ1v) is 4.95. The number of hydrogen-bond acceptors (Lipinski definition) is 5. The van der Waals surface area contributed by atoms with Gasteiger partial charge in [0.2, 0.25) is 0 Å². The van der Waals surface area contributed by atoms with Crippen molar-refractivity contribution in [2.45, 2.75) is 12.6 Å². The molecule has 0 saturated heterocycles. The van der Waals surface area contributed by atoms with Crippen molar-refractivity contribution in [1.29, 1.82) is 0 Å². The van der Waals surface area contributed by atoms with Gasteiger partial charge < -0.3 is 15.0 Å². The second kappa shape index (κ2) is 4.87. The van der Waals surface area contributed by atoms with E-state index >= 15 is 0 Å². The molecule has 0 saturated carbocycles. The van der Waals surface area contributed by atoms with Crippen molar-refractivity contribution in [1.82, 2.24) is 10.1 Å². The summed E-state index contributed by atoms with van der Waals surface area (Å²) in [5.74, 6) is 0.905. The summed E-state index contributed by atoms with van der Waals surface area (Å²) in [4.78, 5) is 4.15. The Morgan fingerprint density at radius 3 is 2.69 bits per heavy atom. The van der Waals surface area contributed by atoms with Gasteiger partial charge in [0, 0.05) is 7.11 Å². The number of nitrogens with two attached hydrogens (primary N) is 1. The third kappa shape index (κ3) is 2.10. The summed E-state index contributed by atoms with van der Waals surface area (Å²) in [6.07, 6.45) is -0.339. The number of aromatic nitrogens is 2. The second-order valence-electron chi connectivity index (χ2n) is 3.28. The van der Waals surface area contributed by atoms with E-state index in [1.165, 1.54) is 0 Å². The molecule has 0 aliphatic carbocycles. The lowest BCUT2D eigenvalue weighted by molar-refractivity contribution is 0.105. The highest BCUT2D eigenvalue weighted by atomic mass is 16.5. The number of methoxy groups -OCH3 is 1. The van der Waals surface area contributed by atoms with Gasteiger partial charge in [-0.25, -0.2) is 0 Å². The second-order valence-corrected chi connectivity index (χ2v) is 3.28. The summed E-state index contributed by atoms with van der Waals surface area (Å²) in [7, 11) is 1.60. The lowest BCUT2D eigenvalue weighted by atomic mass is 10.1. The van der Waals surface area contributed by atoms with Crippen LogP contribution >= 0.6 is 0 Å². The fourth-order valence-corrected chi connectivity index (χ4v) is 1.46. The minimum Gasteiger partial charge on any atom is -0.367 e. The quantitative estimate of drug-likeness (QED) is 0.838. The molecule has 5 heteroatoms. The van der Waals surface area contributed by atoms with E-state index in [4.69, 9.17) is 15.0 Å². The van der Waals surface area contributed by atoms with Gasteiger partial charge in [-0.2, -0.15) is 4.98 Å². The summed E-state index contributed by atoms with van der Waals surface area (Å²) in [6.45, 7) is 0.259. The number of nitrogens with zero attached hydrogens (tertiary/aromatic N) is 2. The maximum Gasteiger partial charge on any atom is 0.260 e. The molecule has 0 radical (unpaired) electrons. The van der Waals surface area contributed by atoms with Crippen molar-refractivity contribution in [3.63, 3.8) is 0 Å². The lowest BCUT2D eigenvalue weighted by Crippen LogP contribution is -2.04. The Morgan fingerprint density at radius 2 is 2.12 bits per heavy atom. The van der Waals surface area contributed by atoms with Crippen LogP contribution < -0.4 is 5.73 Å². The highest BCUT2D eigenvalue weighted by Crippen LogP contribution is 2.23. The largest absolute Gasteiger partial charge is 0.367 e.